The third-order valence-corrected chi connectivity index (χ3v) is 3.94. The van der Waals surface area contributed by atoms with Crippen LogP contribution in [0.2, 0.25) is 5.02 Å². The third kappa shape index (κ3) is 3.87. The fourth-order valence-electron chi connectivity index (χ4n) is 2.68. The molecular formula is C16H24ClNO. The maximum Gasteiger partial charge on any atom is 0.125 e. The fraction of sp³-hybridized carbons (Fsp3) is 0.625. The summed E-state index contributed by atoms with van der Waals surface area (Å²) < 4.78 is 5.78. The Morgan fingerprint density at radius 2 is 2.16 bits per heavy atom. The summed E-state index contributed by atoms with van der Waals surface area (Å²) in [6, 6.07) is 4.11. The van der Waals surface area contributed by atoms with Gasteiger partial charge in [0, 0.05) is 11.4 Å². The van der Waals surface area contributed by atoms with Gasteiger partial charge in [-0.3, -0.25) is 0 Å². The van der Waals surface area contributed by atoms with Crippen molar-refractivity contribution in [1.29, 1.82) is 0 Å². The lowest BCUT2D eigenvalue weighted by atomic mass is 9.82. The lowest BCUT2D eigenvalue weighted by molar-refractivity contribution is 0.312. The number of benzene rings is 1. The molecule has 0 saturated carbocycles. The number of hydrogen-bond donors (Lipinski definition) is 1. The molecule has 1 aromatic carbocycles. The van der Waals surface area contributed by atoms with E-state index in [-0.39, 0.29) is 5.41 Å². The van der Waals surface area contributed by atoms with Crippen molar-refractivity contribution in [2.75, 3.05) is 19.7 Å². The Hall–Kier alpha value is -0.730. The molecule has 1 heterocycles. The van der Waals surface area contributed by atoms with Crippen LogP contribution < -0.4 is 10.1 Å². The maximum absolute atomic E-state index is 6.22. The highest BCUT2D eigenvalue weighted by atomic mass is 35.5. The molecule has 1 aliphatic rings. The second-order valence-corrected chi connectivity index (χ2v) is 6.53. The smallest absolute Gasteiger partial charge is 0.125 e. The molecular weight excluding hydrogens is 258 g/mol. The Labute approximate surface area is 121 Å². The summed E-state index contributed by atoms with van der Waals surface area (Å²) in [4.78, 5) is 0. The molecule has 19 heavy (non-hydrogen) atoms. The average Bonchev–Trinajstić information content (AvgIpc) is 2.76. The van der Waals surface area contributed by atoms with Gasteiger partial charge in [-0.05, 0) is 54.6 Å². The number of fused-ring (bicyclic) bond motifs is 1. The van der Waals surface area contributed by atoms with Gasteiger partial charge in [-0.2, -0.15) is 0 Å². The van der Waals surface area contributed by atoms with Gasteiger partial charge in [0.05, 0.1) is 6.61 Å². The molecule has 106 valence electrons. The molecule has 0 radical (unpaired) electrons. The van der Waals surface area contributed by atoms with E-state index in [2.05, 4.69) is 32.2 Å². The first kappa shape index (κ1) is 14.7. The van der Waals surface area contributed by atoms with Crippen molar-refractivity contribution in [3.63, 3.8) is 0 Å². The van der Waals surface area contributed by atoms with E-state index in [1.165, 1.54) is 11.1 Å². The minimum atomic E-state index is 0.257. The molecule has 1 aromatic rings. The van der Waals surface area contributed by atoms with Gasteiger partial charge in [0.25, 0.3) is 0 Å². The van der Waals surface area contributed by atoms with E-state index in [9.17, 15) is 0 Å². The highest BCUT2D eigenvalue weighted by molar-refractivity contribution is 6.30. The number of halogens is 1. The molecule has 0 amide bonds. The normalized spacial score (nSPS) is 14.3. The van der Waals surface area contributed by atoms with Crippen molar-refractivity contribution >= 4 is 11.6 Å². The van der Waals surface area contributed by atoms with Crippen molar-refractivity contribution in [2.24, 2.45) is 5.41 Å². The number of rotatable bonds is 6. The molecule has 3 heteroatoms. The number of ether oxygens (including phenoxy) is 1. The zero-order valence-electron chi connectivity index (χ0n) is 12.2. The summed E-state index contributed by atoms with van der Waals surface area (Å²) in [5.41, 5.74) is 2.79. The number of nitrogens with one attached hydrogen (secondary N) is 1. The van der Waals surface area contributed by atoms with Crippen LogP contribution in [0, 0.1) is 5.41 Å². The Bertz CT molecular complexity index is 443. The SMILES string of the molecule is CCNCCC(C)(C)Cc1cc(Cl)cc2c1OCC2. The molecule has 2 rings (SSSR count). The van der Waals surface area contributed by atoms with Gasteiger partial charge in [-0.15, -0.1) is 0 Å². The summed E-state index contributed by atoms with van der Waals surface area (Å²) in [7, 11) is 0. The monoisotopic (exact) mass is 281 g/mol. The first-order chi connectivity index (χ1) is 9.02. The van der Waals surface area contributed by atoms with Crippen molar-refractivity contribution in [3.8, 4) is 5.75 Å². The minimum absolute atomic E-state index is 0.257. The zero-order valence-corrected chi connectivity index (χ0v) is 12.9. The van der Waals surface area contributed by atoms with Crippen LogP contribution in [-0.2, 0) is 12.8 Å². The van der Waals surface area contributed by atoms with Crippen LogP contribution in [0.15, 0.2) is 12.1 Å². The van der Waals surface area contributed by atoms with Crippen LogP contribution in [0.5, 0.6) is 5.75 Å². The van der Waals surface area contributed by atoms with Crippen molar-refractivity contribution in [2.45, 2.75) is 40.0 Å². The summed E-state index contributed by atoms with van der Waals surface area (Å²) in [6.07, 6.45) is 3.16. The lowest BCUT2D eigenvalue weighted by Crippen LogP contribution is -2.24. The summed E-state index contributed by atoms with van der Waals surface area (Å²) in [5.74, 6) is 1.08. The lowest BCUT2D eigenvalue weighted by Gasteiger charge is -2.26. The van der Waals surface area contributed by atoms with Crippen molar-refractivity contribution < 1.29 is 4.74 Å². The van der Waals surface area contributed by atoms with E-state index in [0.717, 1.165) is 49.7 Å². The summed E-state index contributed by atoms with van der Waals surface area (Å²) in [6.45, 7) is 9.66. The van der Waals surface area contributed by atoms with Crippen molar-refractivity contribution in [3.05, 3.63) is 28.3 Å². The standard InChI is InChI=1S/C16H24ClNO/c1-4-18-7-6-16(2,3)11-13-10-14(17)9-12-5-8-19-15(12)13/h9-10,18H,4-8,11H2,1-3H3. The molecule has 0 bridgehead atoms. The fourth-order valence-corrected chi connectivity index (χ4v) is 2.95. The van der Waals surface area contributed by atoms with E-state index >= 15 is 0 Å². The molecule has 0 atom stereocenters. The van der Waals surface area contributed by atoms with Gasteiger partial charge in [-0.1, -0.05) is 32.4 Å². The number of hydrogen-bond acceptors (Lipinski definition) is 2. The van der Waals surface area contributed by atoms with E-state index in [1.54, 1.807) is 0 Å². The van der Waals surface area contributed by atoms with Crippen LogP contribution in [0.3, 0.4) is 0 Å². The average molecular weight is 282 g/mol. The Morgan fingerprint density at radius 3 is 2.89 bits per heavy atom. The van der Waals surface area contributed by atoms with Gasteiger partial charge in [0.15, 0.2) is 0 Å². The van der Waals surface area contributed by atoms with Gasteiger partial charge in [0.1, 0.15) is 5.75 Å². The molecule has 1 aliphatic heterocycles. The van der Waals surface area contributed by atoms with E-state index in [1.807, 2.05) is 6.07 Å². The highest BCUT2D eigenvalue weighted by Gasteiger charge is 2.24. The molecule has 0 saturated heterocycles. The molecule has 0 spiro atoms. The highest BCUT2D eigenvalue weighted by Crippen LogP contribution is 2.37. The summed E-state index contributed by atoms with van der Waals surface area (Å²) in [5, 5.41) is 4.23. The van der Waals surface area contributed by atoms with Crippen molar-refractivity contribution in [1.82, 2.24) is 5.32 Å². The second-order valence-electron chi connectivity index (χ2n) is 6.10. The predicted molar refractivity (Wildman–Crippen MR) is 81.3 cm³/mol. The summed E-state index contributed by atoms with van der Waals surface area (Å²) >= 11 is 6.22. The maximum atomic E-state index is 6.22. The minimum Gasteiger partial charge on any atom is -0.493 e. The van der Waals surface area contributed by atoms with Crippen LogP contribution in [0.25, 0.3) is 0 Å². The second kappa shape index (κ2) is 6.15. The quantitative estimate of drug-likeness (QED) is 0.800. The van der Waals surface area contributed by atoms with Gasteiger partial charge in [0.2, 0.25) is 0 Å². The van der Waals surface area contributed by atoms with Crippen LogP contribution in [0.1, 0.15) is 38.3 Å². The molecule has 1 N–H and O–H groups in total. The van der Waals surface area contributed by atoms with Gasteiger partial charge >= 0.3 is 0 Å². The first-order valence-electron chi connectivity index (χ1n) is 7.16. The largest absolute Gasteiger partial charge is 0.493 e. The molecule has 0 unspecified atom stereocenters. The molecule has 0 aliphatic carbocycles. The van der Waals surface area contributed by atoms with E-state index in [4.69, 9.17) is 16.3 Å². The first-order valence-corrected chi connectivity index (χ1v) is 7.54. The Kier molecular flexibility index (Phi) is 4.75. The zero-order chi connectivity index (χ0) is 13.9. The molecule has 0 aromatic heterocycles. The van der Waals surface area contributed by atoms with Crippen LogP contribution >= 0.6 is 11.6 Å². The van der Waals surface area contributed by atoms with Gasteiger partial charge < -0.3 is 10.1 Å². The predicted octanol–water partition coefficient (Wildman–Crippen LogP) is 3.84. The topological polar surface area (TPSA) is 21.3 Å². The van der Waals surface area contributed by atoms with E-state index < -0.39 is 0 Å². The van der Waals surface area contributed by atoms with Crippen LogP contribution in [0.4, 0.5) is 0 Å². The molecule has 0 fully saturated rings. The Balaban J connectivity index is 2.10. The van der Waals surface area contributed by atoms with E-state index in [0.29, 0.717) is 0 Å². The van der Waals surface area contributed by atoms with Gasteiger partial charge in [-0.25, -0.2) is 0 Å². The van der Waals surface area contributed by atoms with Crippen LogP contribution in [-0.4, -0.2) is 19.7 Å². The molecule has 2 nitrogen and oxygen atoms in total. The Morgan fingerprint density at radius 1 is 1.37 bits per heavy atom. The third-order valence-electron chi connectivity index (χ3n) is 3.72.